The number of nitrogens with zero attached hydrogens (tertiary/aromatic N) is 3. The SMILES string of the molecule is C1CNCCN1.C1CNCCN1.CC1=NN(c2ccc3c(c2)CCC3)C(=O)/C1=N\Nc1cccc(-c2csc(C(=O)O)c2)c1O. The van der Waals surface area contributed by atoms with Crippen molar-refractivity contribution < 1.29 is 19.8 Å². The Bertz CT molecular complexity index is 1530. The molecule has 0 atom stereocenters. The van der Waals surface area contributed by atoms with Crippen LogP contribution in [0.4, 0.5) is 11.4 Å². The van der Waals surface area contributed by atoms with Gasteiger partial charge in [-0.05, 0) is 72.5 Å². The summed E-state index contributed by atoms with van der Waals surface area (Å²) in [7, 11) is 0. The second-order valence-corrected chi connectivity index (χ2v) is 11.8. The van der Waals surface area contributed by atoms with E-state index in [4.69, 9.17) is 5.11 Å². The van der Waals surface area contributed by atoms with Gasteiger partial charge in [0.15, 0.2) is 5.71 Å². The monoisotopic (exact) mass is 632 g/mol. The average Bonchev–Trinajstić information content (AvgIpc) is 3.82. The molecule has 4 heterocycles. The number of rotatable bonds is 5. The molecule has 7 N–H and O–H groups in total. The zero-order chi connectivity index (χ0) is 31.6. The lowest BCUT2D eigenvalue weighted by atomic mass is 10.1. The summed E-state index contributed by atoms with van der Waals surface area (Å²) in [5.41, 5.74) is 8.01. The first kappa shape index (κ1) is 32.3. The quantitative estimate of drug-likeness (QED) is 0.166. The van der Waals surface area contributed by atoms with Gasteiger partial charge in [-0.3, -0.25) is 10.2 Å². The minimum atomic E-state index is -1.02. The summed E-state index contributed by atoms with van der Waals surface area (Å²) in [6.45, 7) is 10.8. The highest BCUT2D eigenvalue weighted by Gasteiger charge is 2.31. The van der Waals surface area contributed by atoms with Crippen LogP contribution in [0.5, 0.6) is 5.75 Å². The Morgan fingerprint density at radius 3 is 2.18 bits per heavy atom. The molecule has 0 spiro atoms. The molecule has 1 aromatic heterocycles. The van der Waals surface area contributed by atoms with Gasteiger partial charge in [-0.1, -0.05) is 18.2 Å². The number of carboxylic acids is 1. The molecule has 45 heavy (non-hydrogen) atoms. The summed E-state index contributed by atoms with van der Waals surface area (Å²) in [6.07, 6.45) is 3.19. The number of hydrogen-bond donors (Lipinski definition) is 7. The number of carbonyl (C=O) groups is 2. The normalized spacial score (nSPS) is 18.3. The van der Waals surface area contributed by atoms with Gasteiger partial charge in [0.25, 0.3) is 0 Å². The predicted octanol–water partition coefficient (Wildman–Crippen LogP) is 2.86. The molecule has 7 rings (SSSR count). The van der Waals surface area contributed by atoms with Crippen molar-refractivity contribution >= 4 is 46.0 Å². The minimum absolute atomic E-state index is 0.0906. The Morgan fingerprint density at radius 1 is 0.933 bits per heavy atom. The van der Waals surface area contributed by atoms with Gasteiger partial charge in [-0.15, -0.1) is 11.3 Å². The van der Waals surface area contributed by atoms with Crippen LogP contribution in [0.1, 0.15) is 34.1 Å². The van der Waals surface area contributed by atoms with Gasteiger partial charge in [0.1, 0.15) is 10.6 Å². The van der Waals surface area contributed by atoms with Gasteiger partial charge in [0.05, 0.1) is 17.1 Å². The third-order valence-corrected chi connectivity index (χ3v) is 8.59. The minimum Gasteiger partial charge on any atom is -0.505 e. The number of carboxylic acid groups (broad SMARTS) is 1. The molecule has 4 aliphatic rings. The molecule has 0 unspecified atom stereocenters. The Kier molecular flexibility index (Phi) is 11.3. The third-order valence-electron chi connectivity index (χ3n) is 7.67. The number of anilines is 2. The zero-order valence-electron chi connectivity index (χ0n) is 25.4. The number of piperazine rings is 2. The Labute approximate surface area is 266 Å². The van der Waals surface area contributed by atoms with E-state index in [0.717, 1.165) is 83.0 Å². The molecule has 2 aromatic carbocycles. The Morgan fingerprint density at radius 2 is 1.58 bits per heavy atom. The van der Waals surface area contributed by atoms with E-state index >= 15 is 0 Å². The fourth-order valence-electron chi connectivity index (χ4n) is 5.27. The maximum absolute atomic E-state index is 13.0. The fraction of sp³-hybridized carbons (Fsp3) is 0.375. The first-order valence-corrected chi connectivity index (χ1v) is 16.1. The van der Waals surface area contributed by atoms with Crippen molar-refractivity contribution in [1.29, 1.82) is 0 Å². The maximum atomic E-state index is 13.0. The molecule has 3 aliphatic heterocycles. The summed E-state index contributed by atoms with van der Waals surface area (Å²) in [4.78, 5) is 24.3. The van der Waals surface area contributed by atoms with Crippen molar-refractivity contribution in [3.05, 3.63) is 63.8 Å². The lowest BCUT2D eigenvalue weighted by molar-refractivity contribution is -0.112. The van der Waals surface area contributed by atoms with Crippen LogP contribution in [0.25, 0.3) is 11.1 Å². The van der Waals surface area contributed by atoms with E-state index in [1.165, 1.54) is 22.2 Å². The van der Waals surface area contributed by atoms with Crippen molar-refractivity contribution in [3.8, 4) is 16.9 Å². The number of carbonyl (C=O) groups excluding carboxylic acids is 1. The van der Waals surface area contributed by atoms with E-state index in [1.54, 1.807) is 30.5 Å². The number of benzene rings is 2. The number of para-hydroxylation sites is 1. The van der Waals surface area contributed by atoms with Crippen LogP contribution in [-0.2, 0) is 17.6 Å². The number of hydrogen-bond acceptors (Lipinski definition) is 11. The molecule has 0 radical (unpaired) electrons. The molecular weight excluding hydrogens is 592 g/mol. The number of thiophene rings is 1. The van der Waals surface area contributed by atoms with Crippen LogP contribution in [-0.4, -0.2) is 85.9 Å². The second kappa shape index (κ2) is 15.7. The van der Waals surface area contributed by atoms with Crippen molar-refractivity contribution in [2.75, 3.05) is 62.8 Å². The molecule has 3 aromatic rings. The van der Waals surface area contributed by atoms with Crippen molar-refractivity contribution in [2.45, 2.75) is 26.2 Å². The highest BCUT2D eigenvalue weighted by atomic mass is 32.1. The Balaban J connectivity index is 0.000000277. The third kappa shape index (κ3) is 8.32. The van der Waals surface area contributed by atoms with Gasteiger partial charge >= 0.3 is 11.9 Å². The molecule has 13 heteroatoms. The van der Waals surface area contributed by atoms with Crippen LogP contribution in [0, 0.1) is 0 Å². The van der Waals surface area contributed by atoms with Crippen molar-refractivity contribution in [3.63, 3.8) is 0 Å². The molecule has 0 saturated carbocycles. The van der Waals surface area contributed by atoms with E-state index in [1.807, 2.05) is 18.2 Å². The van der Waals surface area contributed by atoms with E-state index in [0.29, 0.717) is 28.2 Å². The maximum Gasteiger partial charge on any atom is 0.345 e. The van der Waals surface area contributed by atoms with Gasteiger partial charge < -0.3 is 31.5 Å². The smallest absolute Gasteiger partial charge is 0.345 e. The standard InChI is InChI=1S/C24H20N4O4S.2C4H10N2/c1-13-21(23(30)28(27-13)17-9-8-14-4-2-5-15(14)10-17)26-25-19-7-3-6-18(22(19)29)16-11-20(24(31)32)33-12-16;2*1-2-6-4-3-5-1/h3,6-12,25,29H,2,4-5H2,1H3,(H,31,32);2*5-6H,1-4H2/b26-21-;;. The van der Waals surface area contributed by atoms with E-state index in [-0.39, 0.29) is 22.2 Å². The number of amides is 1. The lowest BCUT2D eigenvalue weighted by Crippen LogP contribution is -2.39. The van der Waals surface area contributed by atoms with Crippen LogP contribution in [0.3, 0.4) is 0 Å². The van der Waals surface area contributed by atoms with Gasteiger partial charge in [-0.2, -0.15) is 15.2 Å². The van der Waals surface area contributed by atoms with Crippen LogP contribution in [0.15, 0.2) is 58.0 Å². The van der Waals surface area contributed by atoms with E-state index in [9.17, 15) is 14.7 Å². The summed E-state index contributed by atoms with van der Waals surface area (Å²) in [5.74, 6) is -1.46. The fourth-order valence-corrected chi connectivity index (χ4v) is 6.02. The van der Waals surface area contributed by atoms with E-state index in [2.05, 4.69) is 36.9 Å². The Hall–Kier alpha value is -4.14. The predicted molar refractivity (Wildman–Crippen MR) is 180 cm³/mol. The molecular formula is C32H40N8O4S. The van der Waals surface area contributed by atoms with Gasteiger partial charge in [0, 0.05) is 57.9 Å². The second-order valence-electron chi connectivity index (χ2n) is 10.9. The molecule has 0 bridgehead atoms. The molecule has 238 valence electrons. The molecule has 2 fully saturated rings. The first-order chi connectivity index (χ1) is 21.9. The number of nitrogens with one attached hydrogen (secondary N) is 5. The number of aryl methyl sites for hydroxylation is 2. The number of fused-ring (bicyclic) bond motifs is 1. The summed E-state index contributed by atoms with van der Waals surface area (Å²) in [5, 5.41) is 44.4. The number of aromatic carboxylic acids is 1. The van der Waals surface area contributed by atoms with Crippen LogP contribution in [0.2, 0.25) is 0 Å². The topological polar surface area (TPSA) is 163 Å². The van der Waals surface area contributed by atoms with Gasteiger partial charge in [-0.25, -0.2) is 4.79 Å². The van der Waals surface area contributed by atoms with E-state index < -0.39 is 5.97 Å². The first-order valence-electron chi connectivity index (χ1n) is 15.2. The number of phenolic OH excluding ortho intramolecular Hbond substituents is 1. The molecule has 1 amide bonds. The zero-order valence-corrected chi connectivity index (χ0v) is 26.2. The van der Waals surface area contributed by atoms with Crippen LogP contribution >= 0.6 is 11.3 Å². The van der Waals surface area contributed by atoms with Crippen molar-refractivity contribution in [1.82, 2.24) is 21.3 Å². The highest BCUT2D eigenvalue weighted by molar-refractivity contribution is 7.12. The van der Waals surface area contributed by atoms with Crippen molar-refractivity contribution in [2.24, 2.45) is 10.2 Å². The molecule has 1 aliphatic carbocycles. The summed E-state index contributed by atoms with van der Waals surface area (Å²) < 4.78 is 0. The number of hydrazone groups is 2. The van der Waals surface area contributed by atoms with Gasteiger partial charge in [0.2, 0.25) is 0 Å². The number of phenols is 1. The molecule has 2 saturated heterocycles. The summed E-state index contributed by atoms with van der Waals surface area (Å²) >= 11 is 1.08. The highest BCUT2D eigenvalue weighted by Crippen LogP contribution is 2.37. The summed E-state index contributed by atoms with van der Waals surface area (Å²) in [6, 6.07) is 12.5. The van der Waals surface area contributed by atoms with Crippen LogP contribution < -0.4 is 31.7 Å². The average molecular weight is 633 g/mol. The number of aromatic hydroxyl groups is 1. The molecule has 12 nitrogen and oxygen atoms in total. The largest absolute Gasteiger partial charge is 0.505 e. The lowest BCUT2D eigenvalue weighted by Gasteiger charge is -2.13.